The van der Waals surface area contributed by atoms with Gasteiger partial charge < -0.3 is 14.8 Å². The fourth-order valence-electron chi connectivity index (χ4n) is 2.13. The highest BCUT2D eigenvalue weighted by Crippen LogP contribution is 2.33. The molecule has 1 saturated heterocycles. The highest BCUT2D eigenvalue weighted by molar-refractivity contribution is 9.10. The zero-order chi connectivity index (χ0) is 13.0. The Balaban J connectivity index is 2.16. The summed E-state index contributed by atoms with van der Waals surface area (Å²) in [7, 11) is 3.32. The Labute approximate surface area is 116 Å². The molecule has 18 heavy (non-hydrogen) atoms. The smallest absolute Gasteiger partial charge is 0.161 e. The highest BCUT2D eigenvalue weighted by Gasteiger charge is 2.14. The second-order valence-electron chi connectivity index (χ2n) is 4.32. The van der Waals surface area contributed by atoms with E-state index in [0.717, 1.165) is 48.7 Å². The van der Waals surface area contributed by atoms with Gasteiger partial charge in [-0.05, 0) is 17.7 Å². The van der Waals surface area contributed by atoms with E-state index in [4.69, 9.17) is 9.47 Å². The second-order valence-corrected chi connectivity index (χ2v) is 5.18. The first-order valence-electron chi connectivity index (χ1n) is 6.08. The van der Waals surface area contributed by atoms with Gasteiger partial charge >= 0.3 is 0 Å². The molecule has 1 fully saturated rings. The molecule has 1 N–H and O–H groups in total. The largest absolute Gasteiger partial charge is 0.493 e. The molecule has 4 nitrogen and oxygen atoms in total. The quantitative estimate of drug-likeness (QED) is 0.920. The zero-order valence-corrected chi connectivity index (χ0v) is 12.4. The third-order valence-electron chi connectivity index (χ3n) is 3.16. The number of halogens is 1. The van der Waals surface area contributed by atoms with Crippen LogP contribution in [0.15, 0.2) is 16.6 Å². The van der Waals surface area contributed by atoms with Crippen LogP contribution >= 0.6 is 15.9 Å². The van der Waals surface area contributed by atoms with Gasteiger partial charge in [0.1, 0.15) is 0 Å². The molecule has 0 aromatic heterocycles. The summed E-state index contributed by atoms with van der Waals surface area (Å²) in [6.45, 7) is 5.22. The molecule has 0 spiro atoms. The fraction of sp³-hybridized carbons (Fsp3) is 0.538. The lowest BCUT2D eigenvalue weighted by atomic mass is 10.1. The Morgan fingerprint density at radius 3 is 2.39 bits per heavy atom. The minimum Gasteiger partial charge on any atom is -0.493 e. The van der Waals surface area contributed by atoms with Gasteiger partial charge in [-0.3, -0.25) is 4.90 Å². The Morgan fingerprint density at radius 1 is 1.17 bits per heavy atom. The van der Waals surface area contributed by atoms with Crippen LogP contribution in [-0.2, 0) is 6.54 Å². The molecule has 100 valence electrons. The third-order valence-corrected chi connectivity index (χ3v) is 3.89. The van der Waals surface area contributed by atoms with Crippen LogP contribution in [0.25, 0.3) is 0 Å². The number of benzene rings is 1. The summed E-state index contributed by atoms with van der Waals surface area (Å²) in [6.07, 6.45) is 0. The molecule has 1 heterocycles. The van der Waals surface area contributed by atoms with Crippen LogP contribution < -0.4 is 14.8 Å². The number of methoxy groups -OCH3 is 2. The van der Waals surface area contributed by atoms with Gasteiger partial charge in [0, 0.05) is 37.2 Å². The Bertz CT molecular complexity index is 406. The summed E-state index contributed by atoms with van der Waals surface area (Å²) in [5.41, 5.74) is 1.23. The molecule has 0 unspecified atom stereocenters. The van der Waals surface area contributed by atoms with Gasteiger partial charge in [-0.1, -0.05) is 15.9 Å². The summed E-state index contributed by atoms with van der Waals surface area (Å²) in [6, 6.07) is 4.02. The Morgan fingerprint density at radius 2 is 1.78 bits per heavy atom. The van der Waals surface area contributed by atoms with Gasteiger partial charge in [0.2, 0.25) is 0 Å². The van der Waals surface area contributed by atoms with Crippen LogP contribution in [0.3, 0.4) is 0 Å². The Hall–Kier alpha value is -0.780. The van der Waals surface area contributed by atoms with Crippen molar-refractivity contribution < 1.29 is 9.47 Å². The van der Waals surface area contributed by atoms with Gasteiger partial charge in [0.25, 0.3) is 0 Å². The number of piperazine rings is 1. The van der Waals surface area contributed by atoms with Crippen LogP contribution in [0.5, 0.6) is 11.5 Å². The van der Waals surface area contributed by atoms with E-state index >= 15 is 0 Å². The molecule has 1 aliphatic heterocycles. The lowest BCUT2D eigenvalue weighted by molar-refractivity contribution is 0.232. The topological polar surface area (TPSA) is 33.7 Å². The van der Waals surface area contributed by atoms with Gasteiger partial charge in [0.05, 0.1) is 14.2 Å². The predicted molar refractivity (Wildman–Crippen MR) is 75.4 cm³/mol. The minimum atomic E-state index is 0.758. The molecule has 0 aliphatic carbocycles. The average Bonchev–Trinajstić information content (AvgIpc) is 2.41. The molecular formula is C13H19BrN2O2. The third kappa shape index (κ3) is 3.16. The molecule has 2 rings (SSSR count). The van der Waals surface area contributed by atoms with E-state index in [1.54, 1.807) is 14.2 Å². The SMILES string of the molecule is COc1cc(Br)c(CN2CCNCC2)cc1OC. The molecular weight excluding hydrogens is 296 g/mol. The van der Waals surface area contributed by atoms with Gasteiger partial charge in [-0.15, -0.1) is 0 Å². The first kappa shape index (κ1) is 13.6. The molecule has 0 radical (unpaired) electrons. The summed E-state index contributed by atoms with van der Waals surface area (Å²) in [5, 5.41) is 3.36. The number of hydrogen-bond donors (Lipinski definition) is 1. The van der Waals surface area contributed by atoms with E-state index in [2.05, 4.69) is 26.1 Å². The highest BCUT2D eigenvalue weighted by atomic mass is 79.9. The van der Waals surface area contributed by atoms with Gasteiger partial charge in [-0.25, -0.2) is 0 Å². The van der Waals surface area contributed by atoms with Crippen molar-refractivity contribution in [2.75, 3.05) is 40.4 Å². The summed E-state index contributed by atoms with van der Waals surface area (Å²) >= 11 is 3.60. The van der Waals surface area contributed by atoms with Crippen molar-refractivity contribution in [1.29, 1.82) is 0 Å². The maximum absolute atomic E-state index is 5.34. The first-order valence-corrected chi connectivity index (χ1v) is 6.87. The van der Waals surface area contributed by atoms with E-state index in [0.29, 0.717) is 0 Å². The standard InChI is InChI=1S/C13H19BrN2O2/c1-17-12-7-10(11(14)8-13(12)18-2)9-16-5-3-15-4-6-16/h7-8,15H,3-6,9H2,1-2H3. The fourth-order valence-corrected chi connectivity index (χ4v) is 2.58. The lowest BCUT2D eigenvalue weighted by Gasteiger charge is -2.27. The maximum atomic E-state index is 5.34. The molecule has 0 saturated carbocycles. The lowest BCUT2D eigenvalue weighted by Crippen LogP contribution is -2.42. The average molecular weight is 315 g/mol. The van der Waals surface area contributed by atoms with E-state index < -0.39 is 0 Å². The summed E-state index contributed by atoms with van der Waals surface area (Å²) < 4.78 is 11.7. The molecule has 5 heteroatoms. The molecule has 0 bridgehead atoms. The number of hydrogen-bond acceptors (Lipinski definition) is 4. The van der Waals surface area contributed by atoms with Crippen LogP contribution in [-0.4, -0.2) is 45.3 Å². The van der Waals surface area contributed by atoms with E-state index in [9.17, 15) is 0 Å². The monoisotopic (exact) mass is 314 g/mol. The van der Waals surface area contributed by atoms with E-state index in [1.165, 1.54) is 5.56 Å². The van der Waals surface area contributed by atoms with Crippen LogP contribution in [0.1, 0.15) is 5.56 Å². The number of rotatable bonds is 4. The predicted octanol–water partition coefficient (Wildman–Crippen LogP) is 1.87. The molecule has 0 amide bonds. The maximum Gasteiger partial charge on any atom is 0.161 e. The minimum absolute atomic E-state index is 0.758. The van der Waals surface area contributed by atoms with Crippen molar-refractivity contribution in [3.05, 3.63) is 22.2 Å². The van der Waals surface area contributed by atoms with Gasteiger partial charge in [0.15, 0.2) is 11.5 Å². The van der Waals surface area contributed by atoms with Crippen molar-refractivity contribution in [3.63, 3.8) is 0 Å². The van der Waals surface area contributed by atoms with E-state index in [-0.39, 0.29) is 0 Å². The second kappa shape index (κ2) is 6.41. The molecule has 1 aliphatic rings. The number of nitrogens with one attached hydrogen (secondary N) is 1. The van der Waals surface area contributed by atoms with Gasteiger partial charge in [-0.2, -0.15) is 0 Å². The van der Waals surface area contributed by atoms with Crippen LogP contribution in [0.2, 0.25) is 0 Å². The summed E-state index contributed by atoms with van der Waals surface area (Å²) in [4.78, 5) is 2.43. The van der Waals surface area contributed by atoms with Crippen LogP contribution in [0, 0.1) is 0 Å². The van der Waals surface area contributed by atoms with Crippen molar-refractivity contribution in [3.8, 4) is 11.5 Å². The number of nitrogens with zero attached hydrogens (tertiary/aromatic N) is 1. The molecule has 1 aromatic carbocycles. The van der Waals surface area contributed by atoms with Crippen molar-refractivity contribution >= 4 is 15.9 Å². The van der Waals surface area contributed by atoms with E-state index in [1.807, 2.05) is 12.1 Å². The number of ether oxygens (including phenoxy) is 2. The summed E-state index contributed by atoms with van der Waals surface area (Å²) in [5.74, 6) is 1.54. The molecule has 1 aromatic rings. The van der Waals surface area contributed by atoms with Crippen molar-refractivity contribution in [2.24, 2.45) is 0 Å². The first-order chi connectivity index (χ1) is 8.74. The normalized spacial score (nSPS) is 16.6. The molecule has 0 atom stereocenters. The van der Waals surface area contributed by atoms with Crippen LogP contribution in [0.4, 0.5) is 0 Å². The Kier molecular flexibility index (Phi) is 4.86. The van der Waals surface area contributed by atoms with Crippen molar-refractivity contribution in [2.45, 2.75) is 6.54 Å². The zero-order valence-electron chi connectivity index (χ0n) is 10.8. The van der Waals surface area contributed by atoms with Crippen molar-refractivity contribution in [1.82, 2.24) is 10.2 Å².